The Labute approximate surface area is 113 Å². The fraction of sp³-hybridized carbons (Fsp3) is 0.125. The van der Waals surface area contributed by atoms with Crippen molar-refractivity contribution in [3.05, 3.63) is 60.2 Å². The first-order chi connectivity index (χ1) is 9.28. The van der Waals surface area contributed by atoms with Crippen molar-refractivity contribution in [1.82, 2.24) is 5.32 Å². The number of benzene rings is 2. The Bertz CT molecular complexity index is 530. The predicted molar refractivity (Wildman–Crippen MR) is 80.3 cm³/mol. The summed E-state index contributed by atoms with van der Waals surface area (Å²) in [5.74, 6) is 1.60. The monoisotopic (exact) mass is 254 g/mol. The number of nitrogens with one attached hydrogen (secondary N) is 1. The van der Waals surface area contributed by atoms with Crippen LogP contribution in [-0.4, -0.2) is 13.6 Å². The first kappa shape index (κ1) is 13.2. The maximum atomic E-state index is 5.72. The zero-order valence-corrected chi connectivity index (χ0v) is 11.0. The second-order valence-corrected chi connectivity index (χ2v) is 4.20. The first-order valence-electron chi connectivity index (χ1n) is 6.22. The Morgan fingerprint density at radius 3 is 2.16 bits per heavy atom. The Kier molecular flexibility index (Phi) is 4.59. The highest BCUT2D eigenvalue weighted by molar-refractivity contribution is 5.51. The van der Waals surface area contributed by atoms with E-state index in [1.165, 1.54) is 0 Å². The maximum Gasteiger partial charge on any atom is 0.127 e. The molecule has 0 amide bonds. The van der Waals surface area contributed by atoms with Gasteiger partial charge >= 0.3 is 0 Å². The van der Waals surface area contributed by atoms with Crippen molar-refractivity contribution in [2.75, 3.05) is 19.3 Å². The quantitative estimate of drug-likeness (QED) is 0.805. The molecule has 0 heterocycles. The molecule has 0 aromatic heterocycles. The van der Waals surface area contributed by atoms with Crippen LogP contribution in [0.15, 0.2) is 54.6 Å². The average molecular weight is 254 g/mol. The number of hydrogen-bond acceptors (Lipinski definition) is 3. The van der Waals surface area contributed by atoms with Gasteiger partial charge in [-0.3, -0.25) is 0 Å². The van der Waals surface area contributed by atoms with E-state index >= 15 is 0 Å². The van der Waals surface area contributed by atoms with E-state index in [0.717, 1.165) is 29.3 Å². The van der Waals surface area contributed by atoms with E-state index in [1.54, 1.807) is 0 Å². The Morgan fingerprint density at radius 1 is 1.00 bits per heavy atom. The number of anilines is 1. The van der Waals surface area contributed by atoms with E-state index in [2.05, 4.69) is 17.5 Å². The molecule has 0 spiro atoms. The molecule has 0 aliphatic carbocycles. The van der Waals surface area contributed by atoms with Gasteiger partial charge in [-0.25, -0.2) is 0 Å². The summed E-state index contributed by atoms with van der Waals surface area (Å²) >= 11 is 0. The third-order valence-corrected chi connectivity index (χ3v) is 2.63. The third-order valence-electron chi connectivity index (χ3n) is 2.63. The normalized spacial score (nSPS) is 10.8. The number of nitrogens with two attached hydrogens (primary N) is 1. The average Bonchev–Trinajstić information content (AvgIpc) is 2.44. The van der Waals surface area contributed by atoms with Gasteiger partial charge in [-0.15, -0.1) is 0 Å². The maximum absolute atomic E-state index is 5.72. The number of rotatable bonds is 5. The molecule has 0 unspecified atom stereocenters. The first-order valence-corrected chi connectivity index (χ1v) is 6.22. The highest BCUT2D eigenvalue weighted by Crippen LogP contribution is 2.22. The van der Waals surface area contributed by atoms with Gasteiger partial charge in [0.1, 0.15) is 11.5 Å². The van der Waals surface area contributed by atoms with Crippen LogP contribution < -0.4 is 15.8 Å². The lowest BCUT2D eigenvalue weighted by molar-refractivity contribution is 0.483. The van der Waals surface area contributed by atoms with Crippen molar-refractivity contribution in [2.24, 2.45) is 0 Å². The van der Waals surface area contributed by atoms with Crippen LogP contribution in [0.3, 0.4) is 0 Å². The fourth-order valence-corrected chi connectivity index (χ4v) is 1.63. The number of ether oxygens (including phenoxy) is 1. The summed E-state index contributed by atoms with van der Waals surface area (Å²) in [6.45, 7) is 0.865. The molecule has 2 aromatic rings. The van der Waals surface area contributed by atoms with Gasteiger partial charge in [-0.05, 0) is 49.0 Å². The van der Waals surface area contributed by atoms with Gasteiger partial charge in [0, 0.05) is 12.2 Å². The molecule has 0 bridgehead atoms. The summed E-state index contributed by atoms with van der Waals surface area (Å²) in [5.41, 5.74) is 7.52. The largest absolute Gasteiger partial charge is 0.457 e. The molecule has 3 N–H and O–H groups in total. The Hall–Kier alpha value is -2.26. The van der Waals surface area contributed by atoms with Crippen LogP contribution in [-0.2, 0) is 0 Å². The molecule has 2 aromatic carbocycles. The molecule has 0 saturated heterocycles. The molecule has 3 heteroatoms. The van der Waals surface area contributed by atoms with Crippen molar-refractivity contribution >= 4 is 11.8 Å². The minimum atomic E-state index is 0.734. The Balaban J connectivity index is 2.00. The molecule has 19 heavy (non-hydrogen) atoms. The standard InChI is InChI=1S/C16H18N2O/c1-18-12-2-3-13-4-8-15(9-5-13)19-16-10-6-14(17)7-11-16/h2-11,18H,12,17H2,1H3. The van der Waals surface area contributed by atoms with E-state index in [-0.39, 0.29) is 0 Å². The van der Waals surface area contributed by atoms with Crippen LogP contribution in [0, 0.1) is 0 Å². The molecule has 0 aliphatic rings. The number of hydrogen-bond donors (Lipinski definition) is 2. The topological polar surface area (TPSA) is 47.3 Å². The minimum absolute atomic E-state index is 0.734. The zero-order valence-electron chi connectivity index (χ0n) is 11.0. The molecule has 0 atom stereocenters. The smallest absolute Gasteiger partial charge is 0.127 e. The fourth-order valence-electron chi connectivity index (χ4n) is 1.63. The van der Waals surface area contributed by atoms with Crippen LogP contribution in [0.25, 0.3) is 6.08 Å². The number of nitrogen functional groups attached to an aromatic ring is 1. The van der Waals surface area contributed by atoms with E-state index in [9.17, 15) is 0 Å². The van der Waals surface area contributed by atoms with Gasteiger partial charge in [0.05, 0.1) is 0 Å². The highest BCUT2D eigenvalue weighted by Gasteiger charge is 1.96. The van der Waals surface area contributed by atoms with Gasteiger partial charge in [0.2, 0.25) is 0 Å². The highest BCUT2D eigenvalue weighted by atomic mass is 16.5. The van der Waals surface area contributed by atoms with Gasteiger partial charge in [-0.1, -0.05) is 24.3 Å². The summed E-state index contributed by atoms with van der Waals surface area (Å²) in [7, 11) is 1.92. The molecule has 0 radical (unpaired) electrons. The second kappa shape index (κ2) is 6.61. The van der Waals surface area contributed by atoms with Crippen molar-refractivity contribution in [3.8, 4) is 11.5 Å². The summed E-state index contributed by atoms with van der Waals surface area (Å²) < 4.78 is 5.72. The second-order valence-electron chi connectivity index (χ2n) is 4.20. The molecular weight excluding hydrogens is 236 g/mol. The van der Waals surface area contributed by atoms with Crippen LogP contribution in [0.5, 0.6) is 11.5 Å². The van der Waals surface area contributed by atoms with Crippen molar-refractivity contribution in [1.29, 1.82) is 0 Å². The minimum Gasteiger partial charge on any atom is -0.457 e. The molecule has 0 saturated carbocycles. The van der Waals surface area contributed by atoms with E-state index in [4.69, 9.17) is 10.5 Å². The summed E-state index contributed by atoms with van der Waals surface area (Å²) in [4.78, 5) is 0. The SMILES string of the molecule is CNCC=Cc1ccc(Oc2ccc(N)cc2)cc1. The van der Waals surface area contributed by atoms with Crippen LogP contribution >= 0.6 is 0 Å². The Morgan fingerprint density at radius 2 is 1.58 bits per heavy atom. The van der Waals surface area contributed by atoms with Crippen LogP contribution in [0.1, 0.15) is 5.56 Å². The van der Waals surface area contributed by atoms with Gasteiger partial charge in [0.15, 0.2) is 0 Å². The number of likely N-dealkylation sites (N-methyl/N-ethyl adjacent to an activating group) is 1. The summed E-state index contributed by atoms with van der Waals surface area (Å²) in [6, 6.07) is 15.3. The summed E-state index contributed by atoms with van der Waals surface area (Å²) in [6.07, 6.45) is 4.15. The van der Waals surface area contributed by atoms with E-state index < -0.39 is 0 Å². The van der Waals surface area contributed by atoms with Crippen molar-refractivity contribution < 1.29 is 4.74 Å². The molecule has 0 fully saturated rings. The molecular formula is C16H18N2O. The molecule has 0 aliphatic heterocycles. The van der Waals surface area contributed by atoms with Gasteiger partial charge < -0.3 is 15.8 Å². The van der Waals surface area contributed by atoms with Gasteiger partial charge in [0.25, 0.3) is 0 Å². The van der Waals surface area contributed by atoms with Gasteiger partial charge in [-0.2, -0.15) is 0 Å². The van der Waals surface area contributed by atoms with Crippen LogP contribution in [0.2, 0.25) is 0 Å². The lowest BCUT2D eigenvalue weighted by Crippen LogP contribution is -2.03. The predicted octanol–water partition coefficient (Wildman–Crippen LogP) is 3.29. The lowest BCUT2D eigenvalue weighted by atomic mass is 10.2. The van der Waals surface area contributed by atoms with E-state index in [1.807, 2.05) is 55.6 Å². The zero-order chi connectivity index (χ0) is 13.5. The van der Waals surface area contributed by atoms with E-state index in [0.29, 0.717) is 0 Å². The molecule has 3 nitrogen and oxygen atoms in total. The lowest BCUT2D eigenvalue weighted by Gasteiger charge is -2.06. The molecule has 2 rings (SSSR count). The van der Waals surface area contributed by atoms with Crippen LogP contribution in [0.4, 0.5) is 5.69 Å². The third kappa shape index (κ3) is 4.16. The molecule has 98 valence electrons. The summed E-state index contributed by atoms with van der Waals surface area (Å²) in [5, 5.41) is 3.06. The van der Waals surface area contributed by atoms with Crippen molar-refractivity contribution in [2.45, 2.75) is 0 Å². The van der Waals surface area contributed by atoms with Crippen molar-refractivity contribution in [3.63, 3.8) is 0 Å².